The van der Waals surface area contributed by atoms with E-state index < -0.39 is 0 Å². The van der Waals surface area contributed by atoms with Gasteiger partial charge in [0.15, 0.2) is 0 Å². The number of halogens is 1. The average molecular weight is 343 g/mol. The average Bonchev–Trinajstić information content (AvgIpc) is 2.41. The molecule has 0 fully saturated rings. The van der Waals surface area contributed by atoms with E-state index in [4.69, 9.17) is 4.74 Å². The molecule has 0 heterocycles. The summed E-state index contributed by atoms with van der Waals surface area (Å²) in [5.74, 6) is 0. The van der Waals surface area contributed by atoms with E-state index >= 15 is 0 Å². The van der Waals surface area contributed by atoms with Crippen LogP contribution >= 0.6 is 15.9 Å². The zero-order valence-electron chi connectivity index (χ0n) is 13.1. The first-order valence-electron chi connectivity index (χ1n) is 7.34. The quantitative estimate of drug-likeness (QED) is 0.690. The Balaban J connectivity index is 2.71. The Hall–Kier alpha value is -0.580. The molecule has 0 aromatic heterocycles. The summed E-state index contributed by atoms with van der Waals surface area (Å²) in [6, 6.07) is 7.13. The number of methoxy groups -OCH3 is 1. The number of hydrogen-bond acceptors (Lipinski definition) is 3. The third-order valence-electron chi connectivity index (χ3n) is 3.22. The lowest BCUT2D eigenvalue weighted by Crippen LogP contribution is -2.31. The highest BCUT2D eigenvalue weighted by Crippen LogP contribution is 2.29. The molecule has 0 aliphatic heterocycles. The van der Waals surface area contributed by atoms with Crippen molar-refractivity contribution in [1.82, 2.24) is 5.32 Å². The van der Waals surface area contributed by atoms with Crippen LogP contribution in [0.1, 0.15) is 32.8 Å². The van der Waals surface area contributed by atoms with Crippen molar-refractivity contribution in [3.8, 4) is 0 Å². The molecular formula is C16H27BrN2O. The zero-order valence-corrected chi connectivity index (χ0v) is 14.7. The molecule has 0 saturated carbocycles. The predicted molar refractivity (Wildman–Crippen MR) is 90.5 cm³/mol. The molecule has 0 aliphatic carbocycles. The third-order valence-corrected chi connectivity index (χ3v) is 3.86. The molecule has 0 spiro atoms. The van der Waals surface area contributed by atoms with Crippen LogP contribution in [0.5, 0.6) is 0 Å². The molecule has 0 amide bonds. The summed E-state index contributed by atoms with van der Waals surface area (Å²) in [6.07, 6.45) is 1.16. The number of nitrogens with zero attached hydrogens (tertiary/aromatic N) is 1. The van der Waals surface area contributed by atoms with E-state index in [0.29, 0.717) is 6.04 Å². The Morgan fingerprint density at radius 3 is 2.65 bits per heavy atom. The van der Waals surface area contributed by atoms with Crippen molar-refractivity contribution in [2.75, 3.05) is 31.7 Å². The smallest absolute Gasteiger partial charge is 0.0587 e. The Labute approximate surface area is 131 Å². The molecule has 114 valence electrons. The standard InChI is InChI=1S/C16H27BrN2O/c1-5-9-19(13(2)3)16-7-6-14(11-15(16)17)12-18-8-10-20-4/h6-7,11,13,18H,5,8-10,12H2,1-4H3. The van der Waals surface area contributed by atoms with Crippen LogP contribution in [0.25, 0.3) is 0 Å². The number of rotatable bonds is 9. The second-order valence-electron chi connectivity index (χ2n) is 5.24. The van der Waals surface area contributed by atoms with Gasteiger partial charge in [0, 0.05) is 37.3 Å². The Morgan fingerprint density at radius 2 is 2.10 bits per heavy atom. The largest absolute Gasteiger partial charge is 0.383 e. The van der Waals surface area contributed by atoms with Gasteiger partial charge in [0.2, 0.25) is 0 Å². The number of benzene rings is 1. The van der Waals surface area contributed by atoms with Crippen molar-refractivity contribution in [3.63, 3.8) is 0 Å². The summed E-state index contributed by atoms with van der Waals surface area (Å²) in [7, 11) is 1.72. The predicted octanol–water partition coefficient (Wildman–Crippen LogP) is 3.81. The molecule has 0 aliphatic rings. The second-order valence-corrected chi connectivity index (χ2v) is 6.10. The SMILES string of the molecule is CCCN(c1ccc(CNCCOC)cc1Br)C(C)C. The van der Waals surface area contributed by atoms with E-state index in [1.165, 1.54) is 15.7 Å². The Kier molecular flexibility index (Phi) is 8.19. The summed E-state index contributed by atoms with van der Waals surface area (Å²) < 4.78 is 6.20. The first-order chi connectivity index (χ1) is 9.60. The molecule has 1 aromatic rings. The first kappa shape index (κ1) is 17.5. The lowest BCUT2D eigenvalue weighted by molar-refractivity contribution is 0.199. The van der Waals surface area contributed by atoms with Gasteiger partial charge in [0.1, 0.15) is 0 Å². The summed E-state index contributed by atoms with van der Waals surface area (Å²) >= 11 is 3.71. The van der Waals surface area contributed by atoms with Crippen LogP contribution < -0.4 is 10.2 Å². The highest BCUT2D eigenvalue weighted by atomic mass is 79.9. The van der Waals surface area contributed by atoms with Gasteiger partial charge < -0.3 is 15.0 Å². The number of nitrogens with one attached hydrogen (secondary N) is 1. The normalized spacial score (nSPS) is 11.1. The van der Waals surface area contributed by atoms with Gasteiger partial charge >= 0.3 is 0 Å². The van der Waals surface area contributed by atoms with Gasteiger partial charge in [0.25, 0.3) is 0 Å². The van der Waals surface area contributed by atoms with Gasteiger partial charge in [-0.2, -0.15) is 0 Å². The topological polar surface area (TPSA) is 24.5 Å². The van der Waals surface area contributed by atoms with Gasteiger partial charge in [-0.05, 0) is 53.9 Å². The van der Waals surface area contributed by atoms with Crippen LogP contribution in [-0.2, 0) is 11.3 Å². The minimum absolute atomic E-state index is 0.511. The lowest BCUT2D eigenvalue weighted by atomic mass is 10.1. The summed E-state index contributed by atoms with van der Waals surface area (Å²) in [5, 5.41) is 3.37. The van der Waals surface area contributed by atoms with E-state index in [0.717, 1.165) is 32.7 Å². The molecule has 20 heavy (non-hydrogen) atoms. The minimum Gasteiger partial charge on any atom is -0.383 e. The maximum Gasteiger partial charge on any atom is 0.0587 e. The zero-order chi connectivity index (χ0) is 15.0. The van der Waals surface area contributed by atoms with E-state index in [-0.39, 0.29) is 0 Å². The lowest BCUT2D eigenvalue weighted by Gasteiger charge is -2.30. The molecule has 4 heteroatoms. The van der Waals surface area contributed by atoms with Crippen molar-refractivity contribution in [1.29, 1.82) is 0 Å². The Morgan fingerprint density at radius 1 is 1.35 bits per heavy atom. The highest BCUT2D eigenvalue weighted by Gasteiger charge is 2.12. The van der Waals surface area contributed by atoms with Gasteiger partial charge in [-0.25, -0.2) is 0 Å². The molecule has 0 saturated heterocycles. The number of ether oxygens (including phenoxy) is 1. The van der Waals surface area contributed by atoms with Crippen molar-refractivity contribution in [2.24, 2.45) is 0 Å². The molecule has 3 nitrogen and oxygen atoms in total. The third kappa shape index (κ3) is 5.43. The molecule has 1 aromatic carbocycles. The second kappa shape index (κ2) is 9.37. The molecule has 0 atom stereocenters. The molecular weight excluding hydrogens is 316 g/mol. The minimum atomic E-state index is 0.511. The first-order valence-corrected chi connectivity index (χ1v) is 8.14. The number of anilines is 1. The van der Waals surface area contributed by atoms with Crippen LogP contribution in [0.3, 0.4) is 0 Å². The van der Waals surface area contributed by atoms with Crippen LogP contribution in [0, 0.1) is 0 Å². The van der Waals surface area contributed by atoms with E-state index in [9.17, 15) is 0 Å². The molecule has 1 N–H and O–H groups in total. The van der Waals surface area contributed by atoms with Gasteiger partial charge in [-0.3, -0.25) is 0 Å². The van der Waals surface area contributed by atoms with Crippen LogP contribution in [0.15, 0.2) is 22.7 Å². The highest BCUT2D eigenvalue weighted by molar-refractivity contribution is 9.10. The van der Waals surface area contributed by atoms with Crippen molar-refractivity contribution in [3.05, 3.63) is 28.2 Å². The van der Waals surface area contributed by atoms with Crippen molar-refractivity contribution in [2.45, 2.75) is 39.8 Å². The fourth-order valence-electron chi connectivity index (χ4n) is 2.20. The van der Waals surface area contributed by atoms with Gasteiger partial charge in [0.05, 0.1) is 12.3 Å². The number of hydrogen-bond donors (Lipinski definition) is 1. The monoisotopic (exact) mass is 342 g/mol. The molecule has 0 bridgehead atoms. The Bertz CT molecular complexity index is 396. The molecule has 0 unspecified atom stereocenters. The fraction of sp³-hybridized carbons (Fsp3) is 0.625. The molecule has 1 rings (SSSR count). The summed E-state index contributed by atoms with van der Waals surface area (Å²) in [6.45, 7) is 10.3. The summed E-state index contributed by atoms with van der Waals surface area (Å²) in [5.41, 5.74) is 2.57. The van der Waals surface area contributed by atoms with Gasteiger partial charge in [-0.1, -0.05) is 13.0 Å². The fourth-order valence-corrected chi connectivity index (χ4v) is 2.85. The maximum absolute atomic E-state index is 5.03. The molecule has 0 radical (unpaired) electrons. The van der Waals surface area contributed by atoms with Gasteiger partial charge in [-0.15, -0.1) is 0 Å². The van der Waals surface area contributed by atoms with E-state index in [1.54, 1.807) is 7.11 Å². The van der Waals surface area contributed by atoms with Crippen molar-refractivity contribution < 1.29 is 4.74 Å². The van der Waals surface area contributed by atoms with E-state index in [2.05, 4.69) is 65.1 Å². The summed E-state index contributed by atoms with van der Waals surface area (Å²) in [4.78, 5) is 2.44. The maximum atomic E-state index is 5.03. The van der Waals surface area contributed by atoms with Crippen molar-refractivity contribution >= 4 is 21.6 Å². The van der Waals surface area contributed by atoms with Crippen LogP contribution in [0.2, 0.25) is 0 Å². The van der Waals surface area contributed by atoms with Crippen LogP contribution in [-0.4, -0.2) is 32.8 Å². The van der Waals surface area contributed by atoms with E-state index in [1.807, 2.05) is 0 Å². The van der Waals surface area contributed by atoms with Crippen LogP contribution in [0.4, 0.5) is 5.69 Å².